The van der Waals surface area contributed by atoms with Crippen molar-refractivity contribution in [1.29, 1.82) is 0 Å². The van der Waals surface area contributed by atoms with Gasteiger partial charge in [-0.25, -0.2) is 0 Å². The van der Waals surface area contributed by atoms with Crippen LogP contribution in [0.15, 0.2) is 54.6 Å². The minimum absolute atomic E-state index is 0.00404. The highest BCUT2D eigenvalue weighted by Crippen LogP contribution is 2.47. The Kier molecular flexibility index (Phi) is 5.80. The van der Waals surface area contributed by atoms with Gasteiger partial charge < -0.3 is 15.3 Å². The van der Waals surface area contributed by atoms with Crippen LogP contribution in [-0.2, 0) is 16.8 Å². The summed E-state index contributed by atoms with van der Waals surface area (Å²) in [6.07, 6.45) is 5.02. The molecule has 0 spiro atoms. The second kappa shape index (κ2) is 8.57. The van der Waals surface area contributed by atoms with Crippen LogP contribution in [0, 0.1) is 17.8 Å². The Morgan fingerprint density at radius 2 is 1.68 bits per heavy atom. The minimum atomic E-state index is -1.41. The van der Waals surface area contributed by atoms with Crippen molar-refractivity contribution < 1.29 is 9.90 Å². The van der Waals surface area contributed by atoms with Crippen LogP contribution in [0.25, 0.3) is 0 Å². The molecule has 164 valence electrons. The maximum absolute atomic E-state index is 13.4. The Morgan fingerprint density at radius 3 is 2.32 bits per heavy atom. The number of hydrogen-bond acceptors (Lipinski definition) is 3. The standard InChI is InChI=1S/C26H31ClN2O2/c27-21-12-10-18(11-13-21)14-15-29-16-22-23(17-29)24(22)28-25(30)26(31,20-8-4-5-9-20)19-6-2-1-3-7-19/h1-3,6-7,10-13,20,22-24,31H,4-5,8-9,14-17H2,(H,28,30)/t22-,23?,24?,26?/m0/s1. The summed E-state index contributed by atoms with van der Waals surface area (Å²) in [5.74, 6) is 0.831. The van der Waals surface area contributed by atoms with Crippen LogP contribution in [0.3, 0.4) is 0 Å². The van der Waals surface area contributed by atoms with Gasteiger partial charge in [0.2, 0.25) is 0 Å². The second-order valence-corrected chi connectivity index (χ2v) is 10.0. The fraction of sp³-hybridized carbons (Fsp3) is 0.500. The van der Waals surface area contributed by atoms with Gasteiger partial charge in [-0.05, 0) is 54.4 Å². The van der Waals surface area contributed by atoms with E-state index in [1.807, 2.05) is 42.5 Å². The number of hydrogen-bond donors (Lipinski definition) is 2. The third-order valence-electron chi connectivity index (χ3n) is 7.70. The highest BCUT2D eigenvalue weighted by molar-refractivity contribution is 6.30. The predicted molar refractivity (Wildman–Crippen MR) is 123 cm³/mol. The number of aliphatic hydroxyl groups is 1. The van der Waals surface area contributed by atoms with Gasteiger partial charge in [-0.2, -0.15) is 0 Å². The molecule has 0 bridgehead atoms. The molecule has 3 unspecified atom stereocenters. The summed E-state index contributed by atoms with van der Waals surface area (Å²) >= 11 is 5.97. The first kappa shape index (κ1) is 21.0. The van der Waals surface area contributed by atoms with Crippen molar-refractivity contribution in [3.63, 3.8) is 0 Å². The summed E-state index contributed by atoms with van der Waals surface area (Å²) in [6.45, 7) is 3.08. The molecule has 1 aliphatic heterocycles. The number of nitrogens with one attached hydrogen (secondary N) is 1. The van der Waals surface area contributed by atoms with Crippen molar-refractivity contribution >= 4 is 17.5 Å². The highest BCUT2D eigenvalue weighted by atomic mass is 35.5. The van der Waals surface area contributed by atoms with E-state index in [0.717, 1.165) is 62.3 Å². The Hall–Kier alpha value is -1.88. The second-order valence-electron chi connectivity index (χ2n) is 9.58. The summed E-state index contributed by atoms with van der Waals surface area (Å²) in [5, 5.41) is 15.7. The lowest BCUT2D eigenvalue weighted by Gasteiger charge is -2.33. The Labute approximate surface area is 189 Å². The van der Waals surface area contributed by atoms with Gasteiger partial charge in [-0.1, -0.05) is 66.9 Å². The number of benzene rings is 2. The summed E-state index contributed by atoms with van der Waals surface area (Å²) in [5.41, 5.74) is 0.622. The van der Waals surface area contributed by atoms with E-state index in [9.17, 15) is 9.90 Å². The van der Waals surface area contributed by atoms with E-state index in [-0.39, 0.29) is 17.9 Å². The van der Waals surface area contributed by atoms with Gasteiger partial charge >= 0.3 is 0 Å². The molecule has 2 aromatic carbocycles. The molecular formula is C26H31ClN2O2. The van der Waals surface area contributed by atoms with E-state index in [1.54, 1.807) is 0 Å². The number of piperidine rings is 1. The average molecular weight is 439 g/mol. The molecule has 1 saturated heterocycles. The SMILES string of the molecule is O=C(NC1C2CN(CCc3ccc(Cl)cc3)C[C@@H]21)C(O)(c1ccccc1)C1CCCC1. The van der Waals surface area contributed by atoms with Crippen molar-refractivity contribution in [1.82, 2.24) is 10.2 Å². The van der Waals surface area contributed by atoms with Crippen LogP contribution in [0.1, 0.15) is 36.8 Å². The number of nitrogens with zero attached hydrogens (tertiary/aromatic N) is 1. The van der Waals surface area contributed by atoms with E-state index in [0.29, 0.717) is 11.8 Å². The van der Waals surface area contributed by atoms with Gasteiger partial charge in [-0.3, -0.25) is 4.79 Å². The lowest BCUT2D eigenvalue weighted by atomic mass is 9.79. The molecule has 4 nitrogen and oxygen atoms in total. The maximum Gasteiger partial charge on any atom is 0.257 e. The van der Waals surface area contributed by atoms with Gasteiger partial charge in [0.1, 0.15) is 0 Å². The molecule has 5 heteroatoms. The largest absolute Gasteiger partial charge is 0.375 e. The zero-order valence-corrected chi connectivity index (χ0v) is 18.6. The number of likely N-dealkylation sites (tertiary alicyclic amines) is 1. The number of halogens is 1. The third kappa shape index (κ3) is 4.13. The van der Waals surface area contributed by atoms with E-state index in [4.69, 9.17) is 11.6 Å². The third-order valence-corrected chi connectivity index (χ3v) is 7.96. The molecule has 2 aromatic rings. The quantitative estimate of drug-likeness (QED) is 0.686. The fourth-order valence-corrected chi connectivity index (χ4v) is 5.92. The molecule has 2 N–H and O–H groups in total. The van der Waals surface area contributed by atoms with Crippen molar-refractivity contribution in [2.24, 2.45) is 17.8 Å². The number of carbonyl (C=O) groups is 1. The average Bonchev–Trinajstić information content (AvgIpc) is 3.20. The van der Waals surface area contributed by atoms with Crippen molar-refractivity contribution in [2.75, 3.05) is 19.6 Å². The Bertz CT molecular complexity index is 901. The minimum Gasteiger partial charge on any atom is -0.375 e. The van der Waals surface area contributed by atoms with E-state index in [2.05, 4.69) is 22.3 Å². The smallest absolute Gasteiger partial charge is 0.257 e. The molecule has 2 saturated carbocycles. The van der Waals surface area contributed by atoms with Crippen LogP contribution < -0.4 is 5.32 Å². The maximum atomic E-state index is 13.4. The molecule has 1 amide bonds. The molecule has 31 heavy (non-hydrogen) atoms. The topological polar surface area (TPSA) is 52.6 Å². The van der Waals surface area contributed by atoms with Crippen molar-refractivity contribution in [3.8, 4) is 0 Å². The van der Waals surface area contributed by atoms with Crippen molar-refractivity contribution in [3.05, 3.63) is 70.7 Å². The van der Waals surface area contributed by atoms with Crippen LogP contribution in [0.5, 0.6) is 0 Å². The molecule has 3 aliphatic rings. The van der Waals surface area contributed by atoms with Crippen LogP contribution in [-0.4, -0.2) is 41.6 Å². The van der Waals surface area contributed by atoms with Crippen LogP contribution >= 0.6 is 11.6 Å². The van der Waals surface area contributed by atoms with Gasteiger partial charge in [0.05, 0.1) is 0 Å². The monoisotopic (exact) mass is 438 g/mol. The van der Waals surface area contributed by atoms with Gasteiger partial charge in [0.15, 0.2) is 5.60 Å². The highest BCUT2D eigenvalue weighted by Gasteiger charge is 2.58. The van der Waals surface area contributed by atoms with E-state index in [1.165, 1.54) is 5.56 Å². The lowest BCUT2D eigenvalue weighted by molar-refractivity contribution is -0.147. The van der Waals surface area contributed by atoms with E-state index >= 15 is 0 Å². The van der Waals surface area contributed by atoms with Gasteiger partial charge in [-0.15, -0.1) is 0 Å². The number of amides is 1. The first-order chi connectivity index (χ1) is 15.1. The molecule has 3 fully saturated rings. The zero-order chi connectivity index (χ0) is 21.4. The normalized spacial score (nSPS) is 27.6. The molecule has 1 heterocycles. The first-order valence-corrected chi connectivity index (χ1v) is 12.0. The predicted octanol–water partition coefficient (Wildman–Crippen LogP) is 4.01. The van der Waals surface area contributed by atoms with E-state index < -0.39 is 5.60 Å². The Morgan fingerprint density at radius 1 is 1.03 bits per heavy atom. The lowest BCUT2D eigenvalue weighted by Crippen LogP contribution is -2.51. The molecule has 0 aromatic heterocycles. The molecule has 2 aliphatic carbocycles. The number of carbonyl (C=O) groups excluding carboxylic acids is 1. The Balaban J connectivity index is 1.18. The summed E-state index contributed by atoms with van der Waals surface area (Å²) < 4.78 is 0. The number of fused-ring (bicyclic) bond motifs is 1. The summed E-state index contributed by atoms with van der Waals surface area (Å²) in [7, 11) is 0. The molecule has 0 radical (unpaired) electrons. The summed E-state index contributed by atoms with van der Waals surface area (Å²) in [4.78, 5) is 15.9. The van der Waals surface area contributed by atoms with Crippen molar-refractivity contribution in [2.45, 2.75) is 43.7 Å². The van der Waals surface area contributed by atoms with Crippen LogP contribution in [0.2, 0.25) is 5.02 Å². The molecular weight excluding hydrogens is 408 g/mol. The first-order valence-electron chi connectivity index (χ1n) is 11.6. The zero-order valence-electron chi connectivity index (χ0n) is 17.8. The molecule has 4 atom stereocenters. The number of rotatable bonds is 7. The fourth-order valence-electron chi connectivity index (χ4n) is 5.80. The molecule has 5 rings (SSSR count). The van der Waals surface area contributed by atoms with Gasteiger partial charge in [0.25, 0.3) is 5.91 Å². The van der Waals surface area contributed by atoms with Gasteiger partial charge in [0, 0.05) is 36.6 Å². The van der Waals surface area contributed by atoms with Crippen LogP contribution in [0.4, 0.5) is 0 Å². The summed E-state index contributed by atoms with van der Waals surface area (Å²) in [6, 6.07) is 17.8.